The third kappa shape index (κ3) is 4.00. The summed E-state index contributed by atoms with van der Waals surface area (Å²) in [5.74, 6) is 0.906. The van der Waals surface area contributed by atoms with Crippen LogP contribution >= 0.6 is 0 Å². The average Bonchev–Trinajstić information content (AvgIpc) is 2.49. The van der Waals surface area contributed by atoms with Gasteiger partial charge < -0.3 is 10.2 Å². The molecule has 2 heteroatoms. The fourth-order valence-electron chi connectivity index (χ4n) is 3.83. The van der Waals surface area contributed by atoms with Crippen molar-refractivity contribution in [1.29, 1.82) is 0 Å². The quantitative estimate of drug-likeness (QED) is 0.842. The Morgan fingerprint density at radius 1 is 1.24 bits per heavy atom. The summed E-state index contributed by atoms with van der Waals surface area (Å²) in [6, 6.07) is 8.81. The van der Waals surface area contributed by atoms with E-state index < -0.39 is 0 Å². The molecule has 0 atom stereocenters. The second-order valence-corrected chi connectivity index (χ2v) is 7.01. The van der Waals surface area contributed by atoms with Crippen molar-refractivity contribution < 1.29 is 0 Å². The van der Waals surface area contributed by atoms with E-state index >= 15 is 0 Å². The van der Waals surface area contributed by atoms with Crippen LogP contribution in [0.25, 0.3) is 0 Å². The molecule has 0 aliphatic heterocycles. The molecule has 1 aromatic rings. The second-order valence-electron chi connectivity index (χ2n) is 7.01. The van der Waals surface area contributed by atoms with Crippen LogP contribution in [0.3, 0.4) is 0 Å². The molecule has 21 heavy (non-hydrogen) atoms. The van der Waals surface area contributed by atoms with Gasteiger partial charge in [0.2, 0.25) is 0 Å². The number of hydrogen-bond donors (Lipinski definition) is 1. The lowest BCUT2D eigenvalue weighted by Crippen LogP contribution is -2.45. The number of benzene rings is 1. The van der Waals surface area contributed by atoms with Gasteiger partial charge in [-0.25, -0.2) is 0 Å². The Kier molecular flexibility index (Phi) is 5.69. The SMILES string of the molecule is CCN(CC1(CNC)CCC(C)CC1)c1ccccc1C. The predicted molar refractivity (Wildman–Crippen MR) is 93.1 cm³/mol. The Balaban J connectivity index is 2.16. The Hall–Kier alpha value is -1.02. The van der Waals surface area contributed by atoms with Crippen molar-refractivity contribution in [3.8, 4) is 0 Å². The summed E-state index contributed by atoms with van der Waals surface area (Å²) in [5.41, 5.74) is 3.25. The van der Waals surface area contributed by atoms with Gasteiger partial charge in [-0.3, -0.25) is 0 Å². The van der Waals surface area contributed by atoms with E-state index in [1.54, 1.807) is 0 Å². The minimum atomic E-state index is 0.444. The summed E-state index contributed by atoms with van der Waals surface area (Å²) in [6.07, 6.45) is 5.48. The smallest absolute Gasteiger partial charge is 0.0396 e. The van der Waals surface area contributed by atoms with Gasteiger partial charge in [0.25, 0.3) is 0 Å². The number of hydrogen-bond acceptors (Lipinski definition) is 2. The maximum atomic E-state index is 3.46. The predicted octanol–water partition coefficient (Wildman–Crippen LogP) is 4.24. The molecule has 0 aromatic heterocycles. The summed E-state index contributed by atoms with van der Waals surface area (Å²) >= 11 is 0. The van der Waals surface area contributed by atoms with Crippen LogP contribution in [0.1, 0.15) is 45.1 Å². The van der Waals surface area contributed by atoms with Crippen molar-refractivity contribution in [2.45, 2.75) is 46.5 Å². The molecule has 1 saturated carbocycles. The van der Waals surface area contributed by atoms with Gasteiger partial charge in [0.15, 0.2) is 0 Å². The van der Waals surface area contributed by atoms with E-state index in [9.17, 15) is 0 Å². The molecule has 0 unspecified atom stereocenters. The molecule has 1 fully saturated rings. The summed E-state index contributed by atoms with van der Waals surface area (Å²) in [6.45, 7) is 10.3. The first kappa shape index (κ1) is 16.4. The topological polar surface area (TPSA) is 15.3 Å². The minimum Gasteiger partial charge on any atom is -0.371 e. The first-order valence-electron chi connectivity index (χ1n) is 8.55. The van der Waals surface area contributed by atoms with E-state index in [2.05, 4.69) is 62.3 Å². The van der Waals surface area contributed by atoms with Crippen LogP contribution in [0.5, 0.6) is 0 Å². The van der Waals surface area contributed by atoms with E-state index in [0.29, 0.717) is 5.41 Å². The highest BCUT2D eigenvalue weighted by molar-refractivity contribution is 5.53. The summed E-state index contributed by atoms with van der Waals surface area (Å²) in [7, 11) is 2.10. The number of anilines is 1. The molecule has 1 aromatic carbocycles. The molecule has 1 aliphatic rings. The molecule has 2 nitrogen and oxygen atoms in total. The normalized spacial score (nSPS) is 25.8. The molecule has 0 heterocycles. The second kappa shape index (κ2) is 7.31. The van der Waals surface area contributed by atoms with Gasteiger partial charge >= 0.3 is 0 Å². The highest BCUT2D eigenvalue weighted by Gasteiger charge is 2.35. The molecular weight excluding hydrogens is 256 g/mol. The van der Waals surface area contributed by atoms with Crippen LogP contribution in [0.15, 0.2) is 24.3 Å². The van der Waals surface area contributed by atoms with Gasteiger partial charge in [-0.05, 0) is 51.3 Å². The van der Waals surface area contributed by atoms with E-state index in [0.717, 1.165) is 19.0 Å². The zero-order valence-corrected chi connectivity index (χ0v) is 14.3. The lowest BCUT2D eigenvalue weighted by Gasteiger charge is -2.43. The van der Waals surface area contributed by atoms with Gasteiger partial charge in [-0.15, -0.1) is 0 Å². The third-order valence-electron chi connectivity index (χ3n) is 5.25. The first-order chi connectivity index (χ1) is 10.1. The number of nitrogens with one attached hydrogen (secondary N) is 1. The monoisotopic (exact) mass is 288 g/mol. The van der Waals surface area contributed by atoms with Gasteiger partial charge in [0, 0.05) is 30.7 Å². The fraction of sp³-hybridized carbons (Fsp3) is 0.684. The van der Waals surface area contributed by atoms with Crippen molar-refractivity contribution in [3.63, 3.8) is 0 Å². The van der Waals surface area contributed by atoms with Crippen LogP contribution < -0.4 is 10.2 Å². The van der Waals surface area contributed by atoms with E-state index in [4.69, 9.17) is 0 Å². The molecule has 0 saturated heterocycles. The molecule has 118 valence electrons. The fourth-order valence-corrected chi connectivity index (χ4v) is 3.83. The zero-order valence-electron chi connectivity index (χ0n) is 14.3. The maximum Gasteiger partial charge on any atom is 0.0396 e. The summed E-state index contributed by atoms with van der Waals surface area (Å²) in [4.78, 5) is 2.59. The maximum absolute atomic E-state index is 3.46. The van der Waals surface area contributed by atoms with Crippen LogP contribution in [0.4, 0.5) is 5.69 Å². The highest BCUT2D eigenvalue weighted by Crippen LogP contribution is 2.40. The van der Waals surface area contributed by atoms with Crippen LogP contribution in [0.2, 0.25) is 0 Å². The van der Waals surface area contributed by atoms with Crippen molar-refractivity contribution in [1.82, 2.24) is 5.32 Å². The Morgan fingerprint density at radius 3 is 2.48 bits per heavy atom. The molecule has 2 rings (SSSR count). The van der Waals surface area contributed by atoms with Crippen LogP contribution in [-0.4, -0.2) is 26.7 Å². The summed E-state index contributed by atoms with van der Waals surface area (Å²) in [5, 5.41) is 3.46. The molecule has 1 aliphatic carbocycles. The van der Waals surface area contributed by atoms with E-state index in [-0.39, 0.29) is 0 Å². The summed E-state index contributed by atoms with van der Waals surface area (Å²) < 4.78 is 0. The Labute approximate surface area is 130 Å². The van der Waals surface area contributed by atoms with Crippen molar-refractivity contribution in [2.75, 3.05) is 31.6 Å². The Morgan fingerprint density at radius 2 is 1.90 bits per heavy atom. The molecule has 0 amide bonds. The zero-order chi connectivity index (χ0) is 15.3. The van der Waals surface area contributed by atoms with E-state index in [1.165, 1.54) is 43.5 Å². The number of para-hydroxylation sites is 1. The van der Waals surface area contributed by atoms with Gasteiger partial charge in [-0.1, -0.05) is 38.0 Å². The molecule has 0 bridgehead atoms. The minimum absolute atomic E-state index is 0.444. The van der Waals surface area contributed by atoms with Gasteiger partial charge in [-0.2, -0.15) is 0 Å². The largest absolute Gasteiger partial charge is 0.371 e. The van der Waals surface area contributed by atoms with Crippen LogP contribution in [-0.2, 0) is 0 Å². The standard InChI is InChI=1S/C19H32N2/c1-5-21(18-9-7-6-8-17(18)3)15-19(14-20-4)12-10-16(2)11-13-19/h6-9,16,20H,5,10-15H2,1-4H3. The lowest BCUT2D eigenvalue weighted by atomic mass is 9.70. The van der Waals surface area contributed by atoms with Gasteiger partial charge in [0.05, 0.1) is 0 Å². The molecule has 0 radical (unpaired) electrons. The van der Waals surface area contributed by atoms with Crippen molar-refractivity contribution in [3.05, 3.63) is 29.8 Å². The van der Waals surface area contributed by atoms with Crippen molar-refractivity contribution >= 4 is 5.69 Å². The van der Waals surface area contributed by atoms with Gasteiger partial charge in [0.1, 0.15) is 0 Å². The average molecular weight is 288 g/mol. The lowest BCUT2D eigenvalue weighted by molar-refractivity contribution is 0.159. The van der Waals surface area contributed by atoms with Crippen molar-refractivity contribution in [2.24, 2.45) is 11.3 Å². The molecule has 1 N–H and O–H groups in total. The third-order valence-corrected chi connectivity index (χ3v) is 5.25. The molecular formula is C19H32N2. The highest BCUT2D eigenvalue weighted by atomic mass is 15.1. The van der Waals surface area contributed by atoms with E-state index in [1.807, 2.05) is 0 Å². The number of nitrogens with zero attached hydrogens (tertiary/aromatic N) is 1. The number of aryl methyl sites for hydroxylation is 1. The number of rotatable bonds is 6. The van der Waals surface area contributed by atoms with Crippen LogP contribution in [0, 0.1) is 18.3 Å². The Bertz CT molecular complexity index is 433. The first-order valence-corrected chi connectivity index (χ1v) is 8.55. The molecule has 0 spiro atoms.